The molecule has 4 nitrogen and oxygen atoms in total. The van der Waals surface area contributed by atoms with Crippen LogP contribution in [-0.2, 0) is 0 Å². The van der Waals surface area contributed by atoms with Crippen LogP contribution in [0.1, 0.15) is 37.0 Å². The van der Waals surface area contributed by atoms with Gasteiger partial charge in [-0.1, -0.05) is 32.1 Å². The number of nitrogens with zero attached hydrogens (tertiary/aromatic N) is 2. The van der Waals surface area contributed by atoms with E-state index in [2.05, 4.69) is 30.5 Å². The Kier molecular flexibility index (Phi) is 3.83. The van der Waals surface area contributed by atoms with E-state index in [0.29, 0.717) is 16.9 Å². The number of rotatable bonds is 4. The SMILES string of the molecule is CC1(C)[C@H]2CC=C(C=NNC(=O)c3ccccc3-n3cccc3)[C@H]1C2. The number of carbonyl (C=O) groups excluding carboxylic acids is 1. The highest BCUT2D eigenvalue weighted by Crippen LogP contribution is 2.58. The lowest BCUT2D eigenvalue weighted by Gasteiger charge is -2.55. The Hall–Kier alpha value is -2.62. The van der Waals surface area contributed by atoms with E-state index in [1.165, 1.54) is 12.0 Å². The van der Waals surface area contributed by atoms with Crippen molar-refractivity contribution in [3.63, 3.8) is 0 Å². The molecular formula is C21H23N3O. The lowest BCUT2D eigenvalue weighted by Crippen LogP contribution is -2.48. The molecule has 1 aromatic carbocycles. The van der Waals surface area contributed by atoms with E-state index in [9.17, 15) is 4.79 Å². The summed E-state index contributed by atoms with van der Waals surface area (Å²) in [4.78, 5) is 12.6. The van der Waals surface area contributed by atoms with Crippen LogP contribution in [0.25, 0.3) is 5.69 Å². The van der Waals surface area contributed by atoms with Crippen molar-refractivity contribution in [2.24, 2.45) is 22.4 Å². The van der Waals surface area contributed by atoms with E-state index in [1.54, 1.807) is 0 Å². The van der Waals surface area contributed by atoms with Crippen LogP contribution in [0.15, 0.2) is 65.5 Å². The van der Waals surface area contributed by atoms with Crippen molar-refractivity contribution in [1.82, 2.24) is 9.99 Å². The van der Waals surface area contributed by atoms with Gasteiger partial charge in [0, 0.05) is 12.4 Å². The standard InChI is InChI=1S/C21H23N3O/c1-21(2)16-10-9-15(18(21)13-16)14-22-23-20(25)17-7-3-4-8-19(17)24-11-5-6-12-24/h3-9,11-12,14,16,18H,10,13H2,1-2H3,(H,23,25)/t16-,18+/m0/s1. The fourth-order valence-corrected chi connectivity index (χ4v) is 4.16. The number of amides is 1. The first-order valence-corrected chi connectivity index (χ1v) is 8.83. The van der Waals surface area contributed by atoms with Crippen LogP contribution in [0.3, 0.4) is 0 Å². The number of hydrazone groups is 1. The first-order valence-electron chi connectivity index (χ1n) is 8.83. The molecule has 1 N–H and O–H groups in total. The summed E-state index contributed by atoms with van der Waals surface area (Å²) in [7, 11) is 0. The second kappa shape index (κ2) is 6.03. The van der Waals surface area contributed by atoms with Crippen molar-refractivity contribution < 1.29 is 4.79 Å². The van der Waals surface area contributed by atoms with Crippen LogP contribution < -0.4 is 5.43 Å². The van der Waals surface area contributed by atoms with Crippen molar-refractivity contribution in [2.75, 3.05) is 0 Å². The van der Waals surface area contributed by atoms with Crippen LogP contribution >= 0.6 is 0 Å². The molecule has 25 heavy (non-hydrogen) atoms. The molecule has 3 aliphatic rings. The maximum atomic E-state index is 12.6. The molecule has 1 heterocycles. The van der Waals surface area contributed by atoms with Gasteiger partial charge in [-0.15, -0.1) is 0 Å². The van der Waals surface area contributed by atoms with Crippen LogP contribution in [0, 0.1) is 17.3 Å². The van der Waals surface area contributed by atoms with Gasteiger partial charge in [-0.25, -0.2) is 5.43 Å². The molecule has 3 aliphatic carbocycles. The Morgan fingerprint density at radius 2 is 2.00 bits per heavy atom. The third-order valence-electron chi connectivity index (χ3n) is 5.92. The Bertz CT molecular complexity index is 846. The monoisotopic (exact) mass is 333 g/mol. The molecule has 0 saturated heterocycles. The van der Waals surface area contributed by atoms with Crippen molar-refractivity contribution in [3.8, 4) is 5.69 Å². The molecule has 0 radical (unpaired) electrons. The summed E-state index contributed by atoms with van der Waals surface area (Å²) >= 11 is 0. The number of hydrogen-bond acceptors (Lipinski definition) is 2. The highest BCUT2D eigenvalue weighted by Gasteiger charge is 2.50. The zero-order chi connectivity index (χ0) is 17.4. The van der Waals surface area contributed by atoms with Gasteiger partial charge in [-0.3, -0.25) is 4.79 Å². The average molecular weight is 333 g/mol. The smallest absolute Gasteiger partial charge is 0.273 e. The number of allylic oxidation sites excluding steroid dienone is 2. The van der Waals surface area contributed by atoms with Crippen molar-refractivity contribution in [2.45, 2.75) is 26.7 Å². The highest BCUT2D eigenvalue weighted by atomic mass is 16.2. The summed E-state index contributed by atoms with van der Waals surface area (Å²) in [6, 6.07) is 11.4. The molecule has 1 saturated carbocycles. The van der Waals surface area contributed by atoms with Crippen LogP contribution in [-0.4, -0.2) is 16.7 Å². The summed E-state index contributed by atoms with van der Waals surface area (Å²) in [5, 5.41) is 4.23. The van der Waals surface area contributed by atoms with Crippen molar-refractivity contribution >= 4 is 12.1 Å². The molecular weight excluding hydrogens is 310 g/mol. The fraction of sp³-hybridized carbons (Fsp3) is 0.333. The van der Waals surface area contributed by atoms with Gasteiger partial charge < -0.3 is 4.57 Å². The van der Waals surface area contributed by atoms with Gasteiger partial charge in [0.1, 0.15) is 0 Å². The number of hydrogen-bond donors (Lipinski definition) is 1. The van der Waals surface area contributed by atoms with E-state index >= 15 is 0 Å². The predicted octanol–water partition coefficient (Wildman–Crippen LogP) is 4.19. The maximum absolute atomic E-state index is 12.6. The number of benzene rings is 1. The Labute approximate surface area is 148 Å². The third kappa shape index (κ3) is 2.72. The molecule has 0 spiro atoms. The molecule has 2 aromatic rings. The maximum Gasteiger partial charge on any atom is 0.273 e. The summed E-state index contributed by atoms with van der Waals surface area (Å²) < 4.78 is 1.93. The van der Waals surface area contributed by atoms with Gasteiger partial charge in [0.25, 0.3) is 5.91 Å². The van der Waals surface area contributed by atoms with Crippen molar-refractivity contribution in [3.05, 3.63) is 66.0 Å². The summed E-state index contributed by atoms with van der Waals surface area (Å²) in [5.74, 6) is 1.18. The van der Waals surface area contributed by atoms with E-state index in [1.807, 2.05) is 59.6 Å². The molecule has 1 amide bonds. The first kappa shape index (κ1) is 15.9. The Morgan fingerprint density at radius 3 is 2.72 bits per heavy atom. The lowest BCUT2D eigenvalue weighted by atomic mass is 9.49. The zero-order valence-corrected chi connectivity index (χ0v) is 14.6. The minimum absolute atomic E-state index is 0.192. The van der Waals surface area contributed by atoms with Gasteiger partial charge in [0.15, 0.2) is 0 Å². The third-order valence-corrected chi connectivity index (χ3v) is 5.92. The van der Waals surface area contributed by atoms with Gasteiger partial charge in [0.2, 0.25) is 0 Å². The molecule has 128 valence electrons. The van der Waals surface area contributed by atoms with Crippen LogP contribution in [0.2, 0.25) is 0 Å². The molecule has 2 atom stereocenters. The zero-order valence-electron chi connectivity index (χ0n) is 14.6. The van der Waals surface area contributed by atoms with Gasteiger partial charge in [-0.05, 0) is 59.9 Å². The van der Waals surface area contributed by atoms with Gasteiger partial charge in [0.05, 0.1) is 17.5 Å². The Balaban J connectivity index is 1.48. The molecule has 5 rings (SSSR count). The largest absolute Gasteiger partial charge is 0.323 e. The molecule has 1 aromatic heterocycles. The second-order valence-corrected chi connectivity index (χ2v) is 7.55. The quantitative estimate of drug-likeness (QED) is 0.662. The van der Waals surface area contributed by atoms with E-state index < -0.39 is 0 Å². The normalized spacial score (nSPS) is 23.8. The van der Waals surface area contributed by atoms with Gasteiger partial charge in [-0.2, -0.15) is 5.10 Å². The number of para-hydroxylation sites is 1. The summed E-state index contributed by atoms with van der Waals surface area (Å²) in [5.41, 5.74) is 5.76. The lowest BCUT2D eigenvalue weighted by molar-refractivity contribution is -0.00126. The number of fused-ring (bicyclic) bond motifs is 1. The van der Waals surface area contributed by atoms with Crippen molar-refractivity contribution in [1.29, 1.82) is 0 Å². The van der Waals surface area contributed by atoms with E-state index in [0.717, 1.165) is 18.0 Å². The average Bonchev–Trinajstić information content (AvgIpc) is 3.16. The number of aromatic nitrogens is 1. The molecule has 0 aliphatic heterocycles. The number of nitrogens with one attached hydrogen (secondary N) is 1. The Morgan fingerprint density at radius 1 is 1.24 bits per heavy atom. The first-order chi connectivity index (χ1) is 12.1. The van der Waals surface area contributed by atoms with E-state index in [-0.39, 0.29) is 5.91 Å². The summed E-state index contributed by atoms with van der Waals surface area (Å²) in [6.45, 7) is 4.66. The fourth-order valence-electron chi connectivity index (χ4n) is 4.16. The topological polar surface area (TPSA) is 46.4 Å². The van der Waals surface area contributed by atoms with Gasteiger partial charge >= 0.3 is 0 Å². The second-order valence-electron chi connectivity index (χ2n) is 7.55. The molecule has 0 unspecified atom stereocenters. The van der Waals surface area contributed by atoms with E-state index in [4.69, 9.17) is 0 Å². The molecule has 2 bridgehead atoms. The highest BCUT2D eigenvalue weighted by molar-refractivity contribution is 5.98. The minimum Gasteiger partial charge on any atom is -0.323 e. The van der Waals surface area contributed by atoms with Crippen LogP contribution in [0.4, 0.5) is 0 Å². The summed E-state index contributed by atoms with van der Waals surface area (Å²) in [6.07, 6.45) is 10.3. The number of carbonyl (C=O) groups is 1. The van der Waals surface area contributed by atoms with Crippen LogP contribution in [0.5, 0.6) is 0 Å². The molecule has 4 heteroatoms. The molecule has 1 fully saturated rings. The predicted molar refractivity (Wildman–Crippen MR) is 99.8 cm³/mol. The minimum atomic E-state index is -0.192.